The summed E-state index contributed by atoms with van der Waals surface area (Å²) >= 11 is 4.56. The van der Waals surface area contributed by atoms with Crippen molar-refractivity contribution in [2.24, 2.45) is 5.92 Å². The molecule has 1 N–H and O–H groups in total. The minimum Gasteiger partial charge on any atom is -0.548 e. The zero-order valence-corrected chi connectivity index (χ0v) is 19.0. The molecule has 0 radical (unpaired) electrons. The first-order valence-electron chi connectivity index (χ1n) is 9.54. The second-order valence-corrected chi connectivity index (χ2v) is 11.0. The summed E-state index contributed by atoms with van der Waals surface area (Å²) in [5, 5.41) is 21.2. The molecule has 0 saturated carbocycles. The average molecular weight is 463 g/mol. The van der Waals surface area contributed by atoms with E-state index in [1.165, 1.54) is 33.3 Å². The van der Waals surface area contributed by atoms with Gasteiger partial charge in [0.2, 0.25) is 5.91 Å². The molecular weight excluding hydrogens is 440 g/mol. The van der Waals surface area contributed by atoms with Crippen LogP contribution in [0.25, 0.3) is 0 Å². The highest BCUT2D eigenvalue weighted by Gasteiger charge is 2.60. The summed E-state index contributed by atoms with van der Waals surface area (Å²) in [5.41, 5.74) is 1.14. The van der Waals surface area contributed by atoms with Crippen LogP contribution in [0.3, 0.4) is 0 Å². The summed E-state index contributed by atoms with van der Waals surface area (Å²) < 4.78 is 1.74. The van der Waals surface area contributed by atoms with Crippen molar-refractivity contribution in [3.05, 3.63) is 54.4 Å². The number of hydrogen-bond acceptors (Lipinski definition) is 7. The van der Waals surface area contributed by atoms with Crippen LogP contribution < -0.4 is 9.67 Å². The number of amides is 1. The average Bonchev–Trinajstić information content (AvgIpc) is 3.04. The molecule has 9 heteroatoms. The molecule has 2 aliphatic heterocycles. The predicted octanol–water partition coefficient (Wildman–Crippen LogP) is 1.19. The Kier molecular flexibility index (Phi) is 6.34. The standard InChI is InChI=1S/C21H22N2O4S3/c1-12(24)16-18(25)23-17(20(26)27)21(30-19(16)23)29-15-5-3-13(4-6-15)11-22-9-7-14(28-2)8-10-22/h3-10,12,16-17,19,21,24H,11H2,1-2H3/t12-,16+,17?,19-,21?/m1/s1. The first-order chi connectivity index (χ1) is 14.4. The maximum absolute atomic E-state index is 12.3. The van der Waals surface area contributed by atoms with E-state index in [0.717, 1.165) is 17.0 Å². The Balaban J connectivity index is 1.43. The summed E-state index contributed by atoms with van der Waals surface area (Å²) in [4.78, 5) is 27.5. The summed E-state index contributed by atoms with van der Waals surface area (Å²) in [5.74, 6) is -2.10. The highest BCUT2D eigenvalue weighted by atomic mass is 32.2. The van der Waals surface area contributed by atoms with Crippen molar-refractivity contribution in [2.45, 2.75) is 45.4 Å². The van der Waals surface area contributed by atoms with E-state index in [2.05, 4.69) is 16.7 Å². The number of carboxylic acid groups (broad SMARTS) is 1. The van der Waals surface area contributed by atoms with Crippen LogP contribution in [0.1, 0.15) is 12.5 Å². The van der Waals surface area contributed by atoms with Gasteiger partial charge in [-0.2, -0.15) is 0 Å². The Labute approximate surface area is 188 Å². The van der Waals surface area contributed by atoms with Crippen LogP contribution in [0.2, 0.25) is 0 Å². The molecule has 5 atom stereocenters. The molecule has 1 aromatic carbocycles. The SMILES string of the molecule is CSc1cc[n+](Cc2ccc(SC3S[C@@H]4[C@@H]([C@@H](C)O)C(=O)N4C3C(=O)[O-])cc2)cc1. The van der Waals surface area contributed by atoms with Crippen LogP contribution in [-0.2, 0) is 16.1 Å². The number of carboxylic acids is 1. The number of β-lactam (4-membered cyclic amide) rings is 1. The highest BCUT2D eigenvalue weighted by molar-refractivity contribution is 8.17. The van der Waals surface area contributed by atoms with Gasteiger partial charge in [0.05, 0.1) is 34.0 Å². The fourth-order valence-corrected chi connectivity index (χ4v) is 7.53. The number of aliphatic hydroxyl groups excluding tert-OH is 1. The maximum atomic E-state index is 12.3. The molecule has 2 fully saturated rings. The lowest BCUT2D eigenvalue weighted by Gasteiger charge is -2.45. The Morgan fingerprint density at radius 2 is 1.90 bits per heavy atom. The van der Waals surface area contributed by atoms with Crippen LogP contribution in [0.15, 0.2) is 58.6 Å². The Morgan fingerprint density at radius 1 is 1.23 bits per heavy atom. The minimum atomic E-state index is -1.25. The van der Waals surface area contributed by atoms with E-state index in [1.807, 2.05) is 42.9 Å². The number of rotatable bonds is 7. The second-order valence-electron chi connectivity index (χ2n) is 7.34. The summed E-state index contributed by atoms with van der Waals surface area (Å²) in [6, 6.07) is 11.2. The van der Waals surface area contributed by atoms with Gasteiger partial charge in [0.15, 0.2) is 18.9 Å². The molecule has 1 amide bonds. The summed E-state index contributed by atoms with van der Waals surface area (Å²) in [7, 11) is 0. The van der Waals surface area contributed by atoms with Gasteiger partial charge in [-0.25, -0.2) is 4.57 Å². The normalized spacial score (nSPS) is 26.2. The zero-order valence-electron chi connectivity index (χ0n) is 16.5. The van der Waals surface area contributed by atoms with E-state index in [9.17, 15) is 19.8 Å². The molecule has 1 aromatic heterocycles. The van der Waals surface area contributed by atoms with Gasteiger partial charge in [-0.15, -0.1) is 35.3 Å². The lowest BCUT2D eigenvalue weighted by Crippen LogP contribution is -2.65. The van der Waals surface area contributed by atoms with Crippen LogP contribution >= 0.6 is 35.3 Å². The summed E-state index contributed by atoms with van der Waals surface area (Å²) in [6.45, 7) is 2.32. The predicted molar refractivity (Wildman–Crippen MR) is 116 cm³/mol. The fourth-order valence-electron chi connectivity index (χ4n) is 3.76. The first kappa shape index (κ1) is 21.5. The third-order valence-electron chi connectivity index (χ3n) is 5.35. The molecule has 0 bridgehead atoms. The van der Waals surface area contributed by atoms with Crippen molar-refractivity contribution >= 4 is 47.2 Å². The van der Waals surface area contributed by atoms with E-state index in [4.69, 9.17) is 0 Å². The lowest BCUT2D eigenvalue weighted by molar-refractivity contribution is -0.688. The Morgan fingerprint density at radius 3 is 2.47 bits per heavy atom. The topological polar surface area (TPSA) is 84.5 Å². The first-order valence-corrected chi connectivity index (χ1v) is 12.6. The zero-order chi connectivity index (χ0) is 21.4. The molecule has 2 aromatic rings. The van der Waals surface area contributed by atoms with Gasteiger partial charge in [-0.1, -0.05) is 12.1 Å². The molecule has 2 aliphatic rings. The number of aromatic nitrogens is 1. The number of benzene rings is 1. The number of thioether (sulfide) groups is 3. The van der Waals surface area contributed by atoms with Gasteiger partial charge >= 0.3 is 0 Å². The third kappa shape index (κ3) is 4.08. The molecule has 2 saturated heterocycles. The fraction of sp³-hybridized carbons (Fsp3) is 0.381. The molecule has 4 rings (SSSR count). The quantitative estimate of drug-likeness (QED) is 0.376. The van der Waals surface area contributed by atoms with Gasteiger partial charge in [0.1, 0.15) is 0 Å². The van der Waals surface area contributed by atoms with Gasteiger partial charge in [-0.3, -0.25) is 4.79 Å². The van der Waals surface area contributed by atoms with E-state index < -0.39 is 24.0 Å². The van der Waals surface area contributed by atoms with Crippen LogP contribution in [0, 0.1) is 5.92 Å². The van der Waals surface area contributed by atoms with Crippen molar-refractivity contribution in [3.8, 4) is 0 Å². The smallest absolute Gasteiger partial charge is 0.232 e. The molecule has 0 aliphatic carbocycles. The van der Waals surface area contributed by atoms with Crippen molar-refractivity contribution < 1.29 is 24.4 Å². The van der Waals surface area contributed by atoms with Crippen LogP contribution in [-0.4, -0.2) is 50.2 Å². The van der Waals surface area contributed by atoms with Gasteiger partial charge in [0, 0.05) is 27.5 Å². The molecular formula is C21H22N2O4S3. The minimum absolute atomic E-state index is 0.306. The maximum Gasteiger partial charge on any atom is 0.232 e. The van der Waals surface area contributed by atoms with Crippen molar-refractivity contribution in [1.29, 1.82) is 0 Å². The van der Waals surface area contributed by atoms with E-state index in [-0.39, 0.29) is 15.9 Å². The van der Waals surface area contributed by atoms with E-state index in [0.29, 0.717) is 0 Å². The second kappa shape index (κ2) is 8.82. The molecule has 3 heterocycles. The summed E-state index contributed by atoms with van der Waals surface area (Å²) in [6.07, 6.45) is 5.35. The number of carbonyl (C=O) groups is 2. The Hall–Kier alpha value is -1.68. The lowest BCUT2D eigenvalue weighted by atomic mass is 9.91. The third-order valence-corrected chi connectivity index (χ3v) is 9.08. The highest BCUT2D eigenvalue weighted by Crippen LogP contribution is 2.53. The van der Waals surface area contributed by atoms with Crippen molar-refractivity contribution in [1.82, 2.24) is 4.90 Å². The van der Waals surface area contributed by atoms with Gasteiger partial charge < -0.3 is 19.9 Å². The Bertz CT molecular complexity index is 936. The van der Waals surface area contributed by atoms with Crippen molar-refractivity contribution in [3.63, 3.8) is 0 Å². The molecule has 6 nitrogen and oxygen atoms in total. The number of aliphatic carboxylic acids is 1. The van der Waals surface area contributed by atoms with Crippen LogP contribution in [0.4, 0.5) is 0 Å². The number of aliphatic hydroxyl groups is 1. The number of carbonyl (C=O) groups excluding carboxylic acids is 2. The van der Waals surface area contributed by atoms with Gasteiger partial charge in [-0.05, 0) is 25.3 Å². The largest absolute Gasteiger partial charge is 0.548 e. The number of hydrogen-bond donors (Lipinski definition) is 1. The van der Waals surface area contributed by atoms with Crippen molar-refractivity contribution in [2.75, 3.05) is 6.26 Å². The molecule has 30 heavy (non-hydrogen) atoms. The molecule has 0 spiro atoms. The molecule has 158 valence electrons. The van der Waals surface area contributed by atoms with Gasteiger partial charge in [0.25, 0.3) is 0 Å². The number of fused-ring (bicyclic) bond motifs is 1. The van der Waals surface area contributed by atoms with Crippen LogP contribution in [0.5, 0.6) is 0 Å². The monoisotopic (exact) mass is 462 g/mol. The number of nitrogens with zero attached hydrogens (tertiary/aromatic N) is 2. The number of pyridine rings is 1. The van der Waals surface area contributed by atoms with E-state index in [1.54, 1.807) is 18.7 Å². The van der Waals surface area contributed by atoms with E-state index >= 15 is 0 Å². The molecule has 2 unspecified atom stereocenters.